The Hall–Kier alpha value is -3.02. The van der Waals surface area contributed by atoms with E-state index in [4.69, 9.17) is 5.73 Å². The van der Waals surface area contributed by atoms with E-state index in [0.29, 0.717) is 5.56 Å². The highest BCUT2D eigenvalue weighted by Gasteiger charge is 2.36. The molecule has 6 nitrogen and oxygen atoms in total. The molecule has 2 aromatic rings. The Bertz CT molecular complexity index is 934. The maximum atomic E-state index is 11.5. The Morgan fingerprint density at radius 2 is 1.93 bits per heavy atom. The van der Waals surface area contributed by atoms with Crippen LogP contribution in [0.5, 0.6) is 0 Å². The Labute approximate surface area is 165 Å². The molecular weight excluding hydrogens is 354 g/mol. The van der Waals surface area contributed by atoms with E-state index >= 15 is 0 Å². The molecule has 2 aromatic carbocycles. The van der Waals surface area contributed by atoms with Crippen molar-refractivity contribution >= 4 is 23.3 Å². The van der Waals surface area contributed by atoms with Gasteiger partial charge in [-0.2, -0.15) is 0 Å². The van der Waals surface area contributed by atoms with Gasteiger partial charge in [0, 0.05) is 16.9 Å². The van der Waals surface area contributed by atoms with Crippen LogP contribution in [-0.4, -0.2) is 22.5 Å². The van der Waals surface area contributed by atoms with Crippen LogP contribution < -0.4 is 16.4 Å². The highest BCUT2D eigenvalue weighted by molar-refractivity contribution is 5.93. The van der Waals surface area contributed by atoms with Crippen molar-refractivity contribution in [2.45, 2.75) is 45.7 Å². The first kappa shape index (κ1) is 19.7. The molecule has 0 bridgehead atoms. The van der Waals surface area contributed by atoms with Gasteiger partial charge in [-0.1, -0.05) is 26.0 Å². The molecule has 5 N–H and O–H groups in total. The number of hydrogen-bond acceptors (Lipinski definition) is 4. The summed E-state index contributed by atoms with van der Waals surface area (Å²) in [5.74, 6) is -1.34. The summed E-state index contributed by atoms with van der Waals surface area (Å²) in [4.78, 5) is 22.9. The number of hydrogen-bond donors (Lipinski definition) is 4. The molecule has 0 saturated carbocycles. The van der Waals surface area contributed by atoms with Crippen LogP contribution in [0.3, 0.4) is 0 Å². The molecule has 1 aliphatic heterocycles. The van der Waals surface area contributed by atoms with Crippen LogP contribution in [0, 0.1) is 5.41 Å². The number of nitrogens with two attached hydrogens (primary N) is 1. The van der Waals surface area contributed by atoms with Crippen molar-refractivity contribution in [1.82, 2.24) is 0 Å². The minimum Gasteiger partial charge on any atom is -0.480 e. The molecule has 0 saturated heterocycles. The number of aliphatic carboxylic acids is 1. The second kappa shape index (κ2) is 6.86. The summed E-state index contributed by atoms with van der Waals surface area (Å²) in [7, 11) is 0. The number of anilines is 2. The summed E-state index contributed by atoms with van der Waals surface area (Å²) in [5, 5.41) is 16.0. The summed E-state index contributed by atoms with van der Waals surface area (Å²) < 4.78 is 0. The van der Waals surface area contributed by atoms with Gasteiger partial charge in [0.05, 0.1) is 6.04 Å². The lowest BCUT2D eigenvalue weighted by Gasteiger charge is -2.41. The molecule has 1 atom stereocenters. The molecule has 0 radical (unpaired) electrons. The van der Waals surface area contributed by atoms with Gasteiger partial charge < -0.3 is 21.5 Å². The Morgan fingerprint density at radius 1 is 1.21 bits per heavy atom. The Balaban J connectivity index is 1.92. The van der Waals surface area contributed by atoms with Crippen molar-refractivity contribution in [2.75, 3.05) is 10.6 Å². The average Bonchev–Trinajstić information content (AvgIpc) is 2.59. The smallest absolute Gasteiger partial charge is 0.328 e. The molecule has 0 spiro atoms. The van der Waals surface area contributed by atoms with E-state index in [2.05, 4.69) is 24.5 Å². The SMILES string of the molecule is CC(C)(Nc1cccc(C2Nc3ccc(C(N)=O)cc3CC2(C)C)c1)C(=O)O. The molecule has 1 amide bonds. The monoisotopic (exact) mass is 381 g/mol. The zero-order chi connectivity index (χ0) is 20.7. The van der Waals surface area contributed by atoms with Crippen molar-refractivity contribution < 1.29 is 14.7 Å². The van der Waals surface area contributed by atoms with Gasteiger partial charge in [-0.15, -0.1) is 0 Å². The first-order valence-electron chi connectivity index (χ1n) is 9.30. The summed E-state index contributed by atoms with van der Waals surface area (Å²) in [6.45, 7) is 7.62. The van der Waals surface area contributed by atoms with Crippen molar-refractivity contribution in [2.24, 2.45) is 11.1 Å². The van der Waals surface area contributed by atoms with Crippen molar-refractivity contribution in [3.05, 3.63) is 59.2 Å². The molecule has 28 heavy (non-hydrogen) atoms. The number of fused-ring (bicyclic) bond motifs is 1. The number of benzene rings is 2. The Kier molecular flexibility index (Phi) is 4.83. The van der Waals surface area contributed by atoms with E-state index in [-0.39, 0.29) is 11.5 Å². The standard InChI is InChI=1S/C22H27N3O3/c1-21(2)12-15-10-14(19(23)26)8-9-17(15)24-18(21)13-6-5-7-16(11-13)25-22(3,4)20(27)28/h5-11,18,24-25H,12H2,1-4H3,(H2,23,26)(H,27,28). The van der Waals surface area contributed by atoms with Crippen molar-refractivity contribution in [3.8, 4) is 0 Å². The van der Waals surface area contributed by atoms with E-state index in [1.54, 1.807) is 19.9 Å². The van der Waals surface area contributed by atoms with Crippen LogP contribution in [0.1, 0.15) is 55.2 Å². The van der Waals surface area contributed by atoms with Crippen LogP contribution in [0.4, 0.5) is 11.4 Å². The van der Waals surface area contributed by atoms with E-state index in [9.17, 15) is 14.7 Å². The van der Waals surface area contributed by atoms with Crippen LogP contribution in [0.2, 0.25) is 0 Å². The van der Waals surface area contributed by atoms with Crippen LogP contribution in [0.15, 0.2) is 42.5 Å². The summed E-state index contributed by atoms with van der Waals surface area (Å²) in [6.07, 6.45) is 0.791. The van der Waals surface area contributed by atoms with E-state index in [1.807, 2.05) is 36.4 Å². The van der Waals surface area contributed by atoms with Crippen LogP contribution in [0.25, 0.3) is 0 Å². The maximum absolute atomic E-state index is 11.5. The van der Waals surface area contributed by atoms with Crippen molar-refractivity contribution in [3.63, 3.8) is 0 Å². The van der Waals surface area contributed by atoms with Crippen molar-refractivity contribution in [1.29, 1.82) is 0 Å². The minimum absolute atomic E-state index is 0.0362. The topological polar surface area (TPSA) is 104 Å². The molecule has 148 valence electrons. The first-order valence-corrected chi connectivity index (χ1v) is 9.30. The number of primary amides is 1. The Morgan fingerprint density at radius 3 is 2.57 bits per heavy atom. The van der Waals surface area contributed by atoms with Gasteiger partial charge in [-0.05, 0) is 67.1 Å². The number of carboxylic acids is 1. The molecule has 1 aliphatic rings. The summed E-state index contributed by atoms with van der Waals surface area (Å²) in [5.41, 5.74) is 8.62. The quantitative estimate of drug-likeness (QED) is 0.631. The first-order chi connectivity index (χ1) is 13.0. The van der Waals surface area contributed by atoms with Gasteiger partial charge in [-0.3, -0.25) is 4.79 Å². The van der Waals surface area contributed by atoms with E-state index < -0.39 is 17.4 Å². The number of carbonyl (C=O) groups is 2. The predicted molar refractivity (Wildman–Crippen MR) is 111 cm³/mol. The third-order valence-electron chi connectivity index (χ3n) is 5.33. The fourth-order valence-corrected chi connectivity index (χ4v) is 3.72. The van der Waals surface area contributed by atoms with Gasteiger partial charge in [0.25, 0.3) is 0 Å². The highest BCUT2D eigenvalue weighted by atomic mass is 16.4. The van der Waals surface area contributed by atoms with Gasteiger partial charge in [-0.25, -0.2) is 4.79 Å². The van der Waals surface area contributed by atoms with Gasteiger partial charge >= 0.3 is 5.97 Å². The van der Waals surface area contributed by atoms with Gasteiger partial charge in [0.1, 0.15) is 5.54 Å². The lowest BCUT2D eigenvalue weighted by atomic mass is 9.72. The molecule has 3 rings (SSSR count). The lowest BCUT2D eigenvalue weighted by molar-refractivity contribution is -0.141. The summed E-state index contributed by atoms with van der Waals surface area (Å²) >= 11 is 0. The fourth-order valence-electron chi connectivity index (χ4n) is 3.72. The highest BCUT2D eigenvalue weighted by Crippen LogP contribution is 2.45. The number of rotatable bonds is 5. The van der Waals surface area contributed by atoms with E-state index in [1.165, 1.54) is 0 Å². The molecule has 1 unspecified atom stereocenters. The molecule has 0 aliphatic carbocycles. The predicted octanol–water partition coefficient (Wildman–Crippen LogP) is 3.80. The normalized spacial score (nSPS) is 17.9. The fraction of sp³-hybridized carbons (Fsp3) is 0.364. The number of carboxylic acid groups (broad SMARTS) is 1. The molecular formula is C22H27N3O3. The minimum atomic E-state index is -1.06. The van der Waals surface area contributed by atoms with Gasteiger partial charge in [0.15, 0.2) is 0 Å². The molecule has 6 heteroatoms. The zero-order valence-electron chi connectivity index (χ0n) is 16.7. The maximum Gasteiger partial charge on any atom is 0.328 e. The molecule has 0 fully saturated rings. The largest absolute Gasteiger partial charge is 0.480 e. The molecule has 1 heterocycles. The van der Waals surface area contributed by atoms with Crippen LogP contribution >= 0.6 is 0 Å². The second-order valence-corrected chi connectivity index (χ2v) is 8.66. The number of carbonyl (C=O) groups excluding carboxylic acids is 1. The second-order valence-electron chi connectivity index (χ2n) is 8.66. The third kappa shape index (κ3) is 3.81. The lowest BCUT2D eigenvalue weighted by Crippen LogP contribution is -2.40. The summed E-state index contributed by atoms with van der Waals surface area (Å²) in [6, 6.07) is 13.4. The van der Waals surface area contributed by atoms with E-state index in [0.717, 1.165) is 28.9 Å². The molecule has 0 aromatic heterocycles. The number of amides is 1. The number of nitrogens with one attached hydrogen (secondary N) is 2. The van der Waals surface area contributed by atoms with Gasteiger partial charge in [0.2, 0.25) is 5.91 Å². The zero-order valence-corrected chi connectivity index (χ0v) is 16.7. The third-order valence-corrected chi connectivity index (χ3v) is 5.33. The average molecular weight is 381 g/mol. The van der Waals surface area contributed by atoms with Crippen LogP contribution in [-0.2, 0) is 11.2 Å².